The Kier molecular flexibility index (Phi) is 7.76. The zero-order valence-electron chi connectivity index (χ0n) is 21.9. The minimum Gasteiger partial charge on any atom is -0.465 e. The van der Waals surface area contributed by atoms with Gasteiger partial charge in [0.15, 0.2) is 0 Å². The van der Waals surface area contributed by atoms with E-state index in [0.717, 1.165) is 31.5 Å². The van der Waals surface area contributed by atoms with Crippen molar-refractivity contribution in [1.82, 2.24) is 4.90 Å². The van der Waals surface area contributed by atoms with Crippen LogP contribution < -0.4 is 0 Å². The molecule has 198 valence electrons. The Hall–Kier alpha value is -2.45. The van der Waals surface area contributed by atoms with E-state index in [9.17, 15) is 14.4 Å². The topological polar surface area (TPSA) is 91.4 Å². The summed E-state index contributed by atoms with van der Waals surface area (Å²) in [6, 6.07) is 0.0962. The first-order chi connectivity index (χ1) is 17.1. The quantitative estimate of drug-likeness (QED) is 0.311. The molecule has 0 aromatic heterocycles. The summed E-state index contributed by atoms with van der Waals surface area (Å²) < 4.78 is 22.2. The zero-order chi connectivity index (χ0) is 26.1. The lowest BCUT2D eigenvalue weighted by Gasteiger charge is -2.62. The third-order valence-electron chi connectivity index (χ3n) is 8.87. The smallest absolute Gasteiger partial charge is 0.338 e. The van der Waals surface area contributed by atoms with Crippen LogP contribution in [0, 0.1) is 22.7 Å². The molecule has 0 bridgehead atoms. The molecule has 0 radical (unpaired) electrons. The van der Waals surface area contributed by atoms with Crippen molar-refractivity contribution in [2.45, 2.75) is 59.1 Å². The molecule has 2 saturated carbocycles. The van der Waals surface area contributed by atoms with Gasteiger partial charge in [-0.3, -0.25) is 14.5 Å². The number of esters is 3. The normalized spacial score (nSPS) is 37.3. The van der Waals surface area contributed by atoms with Gasteiger partial charge in [0.05, 0.1) is 18.8 Å². The number of hydrogen-bond acceptors (Lipinski definition) is 8. The third kappa shape index (κ3) is 5.02. The fourth-order valence-electron chi connectivity index (χ4n) is 7.01. The lowest BCUT2D eigenvalue weighted by atomic mass is 9.45. The predicted octanol–water partition coefficient (Wildman–Crippen LogP) is 3.22. The van der Waals surface area contributed by atoms with Crippen molar-refractivity contribution in [3.63, 3.8) is 0 Å². The molecule has 4 aliphatic rings. The molecule has 8 heteroatoms. The van der Waals surface area contributed by atoms with Crippen LogP contribution in [-0.4, -0.2) is 74.5 Å². The molecule has 0 N–H and O–H groups in total. The first-order valence-electron chi connectivity index (χ1n) is 12.9. The molecule has 0 aromatic carbocycles. The number of allylic oxidation sites excluding steroid dienone is 1. The molecule has 2 heterocycles. The molecule has 3 fully saturated rings. The fraction of sp³-hybridized carbons (Fsp3) is 0.679. The van der Waals surface area contributed by atoms with E-state index in [0.29, 0.717) is 31.8 Å². The number of rotatable bonds is 6. The Labute approximate surface area is 213 Å². The van der Waals surface area contributed by atoms with Gasteiger partial charge in [-0.1, -0.05) is 38.2 Å². The van der Waals surface area contributed by atoms with Crippen molar-refractivity contribution in [1.29, 1.82) is 0 Å². The van der Waals surface area contributed by atoms with Gasteiger partial charge in [0.1, 0.15) is 19.3 Å². The lowest BCUT2D eigenvalue weighted by molar-refractivity contribution is -0.193. The molecular weight excluding hydrogens is 462 g/mol. The van der Waals surface area contributed by atoms with Crippen LogP contribution in [0.4, 0.5) is 0 Å². The van der Waals surface area contributed by atoms with Gasteiger partial charge in [0.2, 0.25) is 0 Å². The second-order valence-electron chi connectivity index (χ2n) is 11.1. The molecule has 2 aliphatic heterocycles. The summed E-state index contributed by atoms with van der Waals surface area (Å²) in [4.78, 5) is 38.5. The molecule has 0 spiro atoms. The Morgan fingerprint density at radius 2 is 1.94 bits per heavy atom. The molecule has 0 amide bonds. The van der Waals surface area contributed by atoms with Crippen molar-refractivity contribution in [3.8, 4) is 0 Å². The summed E-state index contributed by atoms with van der Waals surface area (Å²) in [5, 5.41) is 0. The van der Waals surface area contributed by atoms with Gasteiger partial charge in [-0.25, -0.2) is 4.79 Å². The monoisotopic (exact) mass is 501 g/mol. The summed E-state index contributed by atoms with van der Waals surface area (Å²) >= 11 is 0. The van der Waals surface area contributed by atoms with E-state index in [1.807, 2.05) is 6.08 Å². The lowest BCUT2D eigenvalue weighted by Crippen LogP contribution is -2.62. The zero-order valence-corrected chi connectivity index (χ0v) is 21.9. The van der Waals surface area contributed by atoms with Crippen LogP contribution in [0.2, 0.25) is 0 Å². The first kappa shape index (κ1) is 26.6. The van der Waals surface area contributed by atoms with Gasteiger partial charge < -0.3 is 18.9 Å². The highest BCUT2D eigenvalue weighted by atomic mass is 16.6. The summed E-state index contributed by atoms with van der Waals surface area (Å²) in [6.45, 7) is 15.2. The van der Waals surface area contributed by atoms with Crippen molar-refractivity contribution in [3.05, 3.63) is 36.0 Å². The van der Waals surface area contributed by atoms with Crippen molar-refractivity contribution >= 4 is 17.9 Å². The van der Waals surface area contributed by atoms with Crippen LogP contribution in [0.25, 0.3) is 0 Å². The second kappa shape index (κ2) is 10.5. The fourth-order valence-corrected chi connectivity index (χ4v) is 7.01. The largest absolute Gasteiger partial charge is 0.465 e. The Morgan fingerprint density at radius 1 is 1.22 bits per heavy atom. The first-order valence-corrected chi connectivity index (χ1v) is 12.9. The van der Waals surface area contributed by atoms with Crippen molar-refractivity contribution < 1.29 is 33.3 Å². The van der Waals surface area contributed by atoms with E-state index < -0.39 is 5.41 Å². The van der Waals surface area contributed by atoms with Gasteiger partial charge in [-0.15, -0.1) is 0 Å². The van der Waals surface area contributed by atoms with E-state index in [2.05, 4.69) is 31.4 Å². The number of carbonyl (C=O) groups is 3. The molecule has 2 aliphatic carbocycles. The third-order valence-corrected chi connectivity index (χ3v) is 8.87. The predicted molar refractivity (Wildman–Crippen MR) is 133 cm³/mol. The number of hydrogen-bond donors (Lipinski definition) is 0. The van der Waals surface area contributed by atoms with Crippen LogP contribution in [0.1, 0.15) is 47.0 Å². The minimum atomic E-state index is -0.576. The molecule has 6 atom stereocenters. The van der Waals surface area contributed by atoms with Gasteiger partial charge in [0, 0.05) is 44.3 Å². The van der Waals surface area contributed by atoms with Crippen molar-refractivity contribution in [2.75, 3.05) is 39.5 Å². The number of cyclic esters (lactones) is 1. The van der Waals surface area contributed by atoms with Crippen LogP contribution in [0.3, 0.4) is 0 Å². The minimum absolute atomic E-state index is 0.0201. The number of fused-ring (bicyclic) bond motifs is 1. The van der Waals surface area contributed by atoms with E-state index >= 15 is 0 Å². The number of nitrogens with zero attached hydrogens (tertiary/aromatic N) is 1. The molecule has 8 nitrogen and oxygen atoms in total. The summed E-state index contributed by atoms with van der Waals surface area (Å²) in [5.41, 5.74) is 0.880. The average Bonchev–Trinajstić information content (AvgIpc) is 3.24. The van der Waals surface area contributed by atoms with Gasteiger partial charge in [-0.05, 0) is 36.7 Å². The highest BCUT2D eigenvalue weighted by Crippen LogP contribution is 2.62. The average molecular weight is 502 g/mol. The molecule has 0 aromatic rings. The van der Waals surface area contributed by atoms with Gasteiger partial charge in [0.25, 0.3) is 0 Å². The Bertz CT molecular complexity index is 965. The van der Waals surface area contributed by atoms with E-state index in [-0.39, 0.29) is 53.9 Å². The highest BCUT2D eigenvalue weighted by molar-refractivity contribution is 5.93. The number of morpholine rings is 1. The summed E-state index contributed by atoms with van der Waals surface area (Å²) in [7, 11) is 0. The van der Waals surface area contributed by atoms with Crippen LogP contribution >= 0.6 is 0 Å². The second-order valence-corrected chi connectivity index (χ2v) is 11.1. The van der Waals surface area contributed by atoms with Crippen molar-refractivity contribution in [2.24, 2.45) is 22.7 Å². The SMILES string of the molecule is C=C1C(N2CCOCC2)CC2C(C)(COC(C)=O)C(OC(C)=O)CCC2(C)C1/C=C/C1=CCOC1=O. The maximum Gasteiger partial charge on any atom is 0.338 e. The summed E-state index contributed by atoms with van der Waals surface area (Å²) in [6.07, 6.45) is 7.72. The summed E-state index contributed by atoms with van der Waals surface area (Å²) in [5.74, 6) is -0.936. The number of carbonyl (C=O) groups excluding carboxylic acids is 3. The van der Waals surface area contributed by atoms with E-state index in [1.165, 1.54) is 13.8 Å². The van der Waals surface area contributed by atoms with Gasteiger partial charge >= 0.3 is 17.9 Å². The van der Waals surface area contributed by atoms with Gasteiger partial charge in [-0.2, -0.15) is 0 Å². The molecule has 1 saturated heterocycles. The maximum atomic E-state index is 12.1. The molecular formula is C28H39NO7. The van der Waals surface area contributed by atoms with E-state index in [4.69, 9.17) is 18.9 Å². The highest BCUT2D eigenvalue weighted by Gasteiger charge is 2.61. The maximum absolute atomic E-state index is 12.1. The van der Waals surface area contributed by atoms with Crippen LogP contribution in [-0.2, 0) is 33.3 Å². The molecule has 6 unspecified atom stereocenters. The molecule has 4 rings (SSSR count). The number of ether oxygens (including phenoxy) is 4. The van der Waals surface area contributed by atoms with Crippen LogP contribution in [0.15, 0.2) is 36.0 Å². The standard InChI is InChI=1S/C28H39NO7/c1-18-22(7-6-21-9-13-34-26(21)32)27(4)10-8-25(36-20(3)31)28(5,17-35-19(2)30)24(27)16-23(18)29-11-14-33-15-12-29/h6-7,9,22-25H,1,8,10-17H2,2-5H3/b7-6+. The Morgan fingerprint density at radius 3 is 2.56 bits per heavy atom. The van der Waals surface area contributed by atoms with Crippen LogP contribution in [0.5, 0.6) is 0 Å². The Balaban J connectivity index is 1.75. The van der Waals surface area contributed by atoms with E-state index in [1.54, 1.807) is 6.08 Å². The molecule has 36 heavy (non-hydrogen) atoms.